The lowest BCUT2D eigenvalue weighted by atomic mass is 10.2. The maximum atomic E-state index is 12.9. The predicted molar refractivity (Wildman–Crippen MR) is 136 cm³/mol. The summed E-state index contributed by atoms with van der Waals surface area (Å²) in [7, 11) is 0. The molecule has 0 radical (unpaired) electrons. The molecular weight excluding hydrogens is 456 g/mol. The Bertz CT molecular complexity index is 1150. The molecule has 0 bridgehead atoms. The number of carbonyl (C=O) groups is 2. The van der Waals surface area contributed by atoms with E-state index < -0.39 is 0 Å². The number of aryl methyl sites for hydroxylation is 1. The third-order valence-corrected chi connectivity index (χ3v) is 6.66. The van der Waals surface area contributed by atoms with Crippen LogP contribution in [0.15, 0.2) is 47.5 Å². The van der Waals surface area contributed by atoms with Crippen LogP contribution in [0.25, 0.3) is 10.2 Å². The van der Waals surface area contributed by atoms with E-state index in [1.807, 2.05) is 35.1 Å². The third kappa shape index (κ3) is 6.71. The van der Waals surface area contributed by atoms with Crippen LogP contribution in [0, 0.1) is 0 Å². The molecule has 0 aliphatic rings. The molecule has 1 heterocycles. The van der Waals surface area contributed by atoms with Gasteiger partial charge in [0.05, 0.1) is 29.0 Å². The zero-order valence-corrected chi connectivity index (χ0v) is 21.0. The van der Waals surface area contributed by atoms with Gasteiger partial charge in [-0.05, 0) is 62.1 Å². The van der Waals surface area contributed by atoms with Crippen LogP contribution in [0.5, 0.6) is 5.75 Å². The van der Waals surface area contributed by atoms with Gasteiger partial charge in [0.25, 0.3) is 5.91 Å². The number of hydrogen-bond acceptors (Lipinski definition) is 6. The van der Waals surface area contributed by atoms with Crippen molar-refractivity contribution in [1.29, 1.82) is 0 Å². The summed E-state index contributed by atoms with van der Waals surface area (Å²) in [5.41, 5.74) is 1.96. The zero-order chi connectivity index (χ0) is 23.6. The van der Waals surface area contributed by atoms with Crippen molar-refractivity contribution in [2.24, 2.45) is 4.99 Å². The fraction of sp³-hybridized carbons (Fsp3) is 0.400. The van der Waals surface area contributed by atoms with Gasteiger partial charge in [-0.15, -0.1) is 0 Å². The molecule has 2 aromatic carbocycles. The number of rotatable bonds is 11. The van der Waals surface area contributed by atoms with Crippen molar-refractivity contribution >= 4 is 45.2 Å². The molecule has 0 N–H and O–H groups in total. The molecule has 1 amide bonds. The highest BCUT2D eigenvalue weighted by molar-refractivity contribution is 7.98. The van der Waals surface area contributed by atoms with Crippen LogP contribution in [-0.4, -0.2) is 41.7 Å². The SMILES string of the molecule is CCCCCOc1ccc(C(=O)N=c2sc3cc(C(=O)OCC)ccc3n2CCSC)cc1. The number of esters is 1. The quantitative estimate of drug-likeness (QED) is 0.262. The molecule has 0 atom stereocenters. The van der Waals surface area contributed by atoms with Crippen molar-refractivity contribution in [2.75, 3.05) is 25.2 Å². The van der Waals surface area contributed by atoms with E-state index in [1.54, 1.807) is 36.9 Å². The topological polar surface area (TPSA) is 69.9 Å². The van der Waals surface area contributed by atoms with E-state index >= 15 is 0 Å². The number of ether oxygens (including phenoxy) is 2. The van der Waals surface area contributed by atoms with Crippen LogP contribution in [0.2, 0.25) is 0 Å². The Kier molecular flexibility index (Phi) is 9.57. The fourth-order valence-electron chi connectivity index (χ4n) is 3.29. The van der Waals surface area contributed by atoms with Gasteiger partial charge >= 0.3 is 5.97 Å². The van der Waals surface area contributed by atoms with Crippen molar-refractivity contribution in [3.8, 4) is 5.75 Å². The molecule has 176 valence electrons. The maximum absolute atomic E-state index is 12.9. The summed E-state index contributed by atoms with van der Waals surface area (Å²) in [6.45, 7) is 5.66. The van der Waals surface area contributed by atoms with Gasteiger partial charge in [0, 0.05) is 17.9 Å². The predicted octanol–water partition coefficient (Wildman–Crippen LogP) is 5.55. The van der Waals surface area contributed by atoms with Gasteiger partial charge in [0.1, 0.15) is 5.75 Å². The highest BCUT2D eigenvalue weighted by Gasteiger charge is 2.13. The number of hydrogen-bond donors (Lipinski definition) is 0. The second-order valence-corrected chi connectivity index (χ2v) is 9.42. The second kappa shape index (κ2) is 12.6. The number of thioether (sulfide) groups is 1. The van der Waals surface area contributed by atoms with Crippen LogP contribution in [0.3, 0.4) is 0 Å². The van der Waals surface area contributed by atoms with Crippen molar-refractivity contribution in [3.63, 3.8) is 0 Å². The minimum atomic E-state index is -0.352. The smallest absolute Gasteiger partial charge is 0.338 e. The van der Waals surface area contributed by atoms with E-state index in [1.165, 1.54) is 11.3 Å². The number of unbranched alkanes of at least 4 members (excludes halogenated alkanes) is 2. The van der Waals surface area contributed by atoms with Crippen LogP contribution in [0.1, 0.15) is 53.8 Å². The molecule has 8 heteroatoms. The Balaban J connectivity index is 1.87. The first-order chi connectivity index (χ1) is 16.1. The average molecular weight is 487 g/mol. The van der Waals surface area contributed by atoms with E-state index in [-0.39, 0.29) is 11.9 Å². The van der Waals surface area contributed by atoms with E-state index in [2.05, 4.69) is 11.9 Å². The second-order valence-electron chi connectivity index (χ2n) is 7.43. The van der Waals surface area contributed by atoms with Gasteiger partial charge < -0.3 is 14.0 Å². The van der Waals surface area contributed by atoms with Gasteiger partial charge in [-0.2, -0.15) is 16.8 Å². The van der Waals surface area contributed by atoms with Crippen molar-refractivity contribution < 1.29 is 19.1 Å². The van der Waals surface area contributed by atoms with Gasteiger partial charge in [-0.25, -0.2) is 4.79 Å². The van der Waals surface area contributed by atoms with Gasteiger partial charge in [-0.1, -0.05) is 31.1 Å². The number of nitrogens with zero attached hydrogens (tertiary/aromatic N) is 2. The summed E-state index contributed by atoms with van der Waals surface area (Å²) < 4.78 is 13.8. The monoisotopic (exact) mass is 486 g/mol. The highest BCUT2D eigenvalue weighted by Crippen LogP contribution is 2.21. The minimum absolute atomic E-state index is 0.303. The Hall–Kier alpha value is -2.58. The zero-order valence-electron chi connectivity index (χ0n) is 19.3. The van der Waals surface area contributed by atoms with E-state index in [9.17, 15) is 9.59 Å². The fourth-order valence-corrected chi connectivity index (χ4v) is 4.74. The molecule has 0 aliphatic heterocycles. The van der Waals surface area contributed by atoms with E-state index in [0.717, 1.165) is 47.5 Å². The summed E-state index contributed by atoms with van der Waals surface area (Å²) in [4.78, 5) is 30.1. The van der Waals surface area contributed by atoms with Gasteiger partial charge in [0.2, 0.25) is 0 Å². The Labute approximate surface area is 202 Å². The number of fused-ring (bicyclic) bond motifs is 1. The van der Waals surface area contributed by atoms with Crippen LogP contribution in [0.4, 0.5) is 0 Å². The number of amides is 1. The number of benzene rings is 2. The van der Waals surface area contributed by atoms with Crippen molar-refractivity contribution in [1.82, 2.24) is 4.57 Å². The van der Waals surface area contributed by atoms with E-state index in [0.29, 0.717) is 29.1 Å². The molecule has 0 unspecified atom stereocenters. The first-order valence-electron chi connectivity index (χ1n) is 11.2. The molecule has 33 heavy (non-hydrogen) atoms. The Morgan fingerprint density at radius 2 is 1.82 bits per heavy atom. The van der Waals surface area contributed by atoms with Crippen molar-refractivity contribution in [2.45, 2.75) is 39.7 Å². The minimum Gasteiger partial charge on any atom is -0.494 e. The Morgan fingerprint density at radius 1 is 1.06 bits per heavy atom. The summed E-state index contributed by atoms with van der Waals surface area (Å²) in [5, 5.41) is 0. The van der Waals surface area contributed by atoms with Crippen LogP contribution < -0.4 is 9.54 Å². The maximum Gasteiger partial charge on any atom is 0.338 e. The number of aromatic nitrogens is 1. The molecular formula is C25H30N2O4S2. The molecule has 0 saturated carbocycles. The average Bonchev–Trinajstić information content (AvgIpc) is 3.17. The standard InChI is InChI=1S/C25H30N2O4S2/c1-4-6-7-15-31-20-11-8-18(9-12-20)23(28)26-25-27(14-16-32-3)21-13-10-19(17-22(21)33-25)24(29)30-5-2/h8-13,17H,4-7,14-16H2,1-3H3. The lowest BCUT2D eigenvalue weighted by molar-refractivity contribution is 0.0526. The van der Waals surface area contributed by atoms with Crippen molar-refractivity contribution in [3.05, 3.63) is 58.4 Å². The lowest BCUT2D eigenvalue weighted by Crippen LogP contribution is -2.18. The summed E-state index contributed by atoms with van der Waals surface area (Å²) in [6, 6.07) is 12.6. The lowest BCUT2D eigenvalue weighted by Gasteiger charge is -2.06. The van der Waals surface area contributed by atoms with E-state index in [4.69, 9.17) is 9.47 Å². The first kappa shape index (κ1) is 25.1. The molecule has 3 aromatic rings. The molecule has 1 aromatic heterocycles. The molecule has 0 saturated heterocycles. The van der Waals surface area contributed by atoms with Crippen LogP contribution in [-0.2, 0) is 11.3 Å². The number of thiazole rings is 1. The molecule has 0 spiro atoms. The molecule has 6 nitrogen and oxygen atoms in total. The normalized spacial score (nSPS) is 11.7. The Morgan fingerprint density at radius 3 is 2.52 bits per heavy atom. The van der Waals surface area contributed by atoms with Gasteiger partial charge in [0.15, 0.2) is 4.80 Å². The first-order valence-corrected chi connectivity index (χ1v) is 13.4. The largest absolute Gasteiger partial charge is 0.494 e. The summed E-state index contributed by atoms with van der Waals surface area (Å²) in [5.74, 6) is 0.986. The van der Waals surface area contributed by atoms with Crippen LogP contribution >= 0.6 is 23.1 Å². The highest BCUT2D eigenvalue weighted by atomic mass is 32.2. The summed E-state index contributed by atoms with van der Waals surface area (Å²) >= 11 is 3.13. The molecule has 0 fully saturated rings. The molecule has 3 rings (SSSR count). The molecule has 0 aliphatic carbocycles. The van der Waals surface area contributed by atoms with Gasteiger partial charge in [-0.3, -0.25) is 4.79 Å². The third-order valence-electron chi connectivity index (χ3n) is 5.03. The summed E-state index contributed by atoms with van der Waals surface area (Å²) in [6.07, 6.45) is 5.35. The number of carbonyl (C=O) groups excluding carboxylic acids is 2.